The number of halogens is 3. The number of fused-ring (bicyclic) bond motifs is 1. The van der Waals surface area contributed by atoms with Crippen molar-refractivity contribution in [2.24, 2.45) is 5.92 Å². The fourth-order valence-corrected chi connectivity index (χ4v) is 3.29. The molecule has 0 aliphatic carbocycles. The summed E-state index contributed by atoms with van der Waals surface area (Å²) in [6.45, 7) is 2.39. The second kappa shape index (κ2) is 4.99. The van der Waals surface area contributed by atoms with E-state index in [1.54, 1.807) is 4.90 Å². The van der Waals surface area contributed by atoms with E-state index in [-0.39, 0.29) is 12.6 Å². The van der Waals surface area contributed by atoms with E-state index in [4.69, 9.17) is 0 Å². The summed E-state index contributed by atoms with van der Waals surface area (Å²) in [6.07, 6.45) is -4.55. The van der Waals surface area contributed by atoms with Crippen LogP contribution >= 0.6 is 0 Å². The van der Waals surface area contributed by atoms with Gasteiger partial charge in [0.2, 0.25) is 5.91 Å². The Hall–Kier alpha value is -1.60. The minimum Gasteiger partial charge on any atom is -0.291 e. The van der Waals surface area contributed by atoms with Crippen molar-refractivity contribution >= 4 is 5.91 Å². The molecule has 1 aromatic carbocycles. The molecular formula is C14H16F3N3O. The van der Waals surface area contributed by atoms with E-state index in [0.29, 0.717) is 6.54 Å². The number of hydrogen-bond donors (Lipinski definition) is 2. The normalized spacial score (nSPS) is 30.1. The molecule has 2 unspecified atom stereocenters. The summed E-state index contributed by atoms with van der Waals surface area (Å²) in [5, 5.41) is 0. The lowest BCUT2D eigenvalue weighted by atomic mass is 9.94. The molecule has 1 fully saturated rings. The van der Waals surface area contributed by atoms with Crippen molar-refractivity contribution in [3.63, 3.8) is 0 Å². The van der Waals surface area contributed by atoms with Crippen LogP contribution in [0.5, 0.6) is 0 Å². The maximum Gasteiger partial charge on any atom is 0.402 e. The molecule has 3 rings (SSSR count). The van der Waals surface area contributed by atoms with Crippen molar-refractivity contribution in [1.29, 1.82) is 0 Å². The molecule has 0 bridgehead atoms. The van der Waals surface area contributed by atoms with E-state index in [2.05, 4.69) is 10.9 Å². The van der Waals surface area contributed by atoms with Gasteiger partial charge in [-0.2, -0.15) is 13.2 Å². The lowest BCUT2D eigenvalue weighted by molar-refractivity contribution is -0.202. The van der Waals surface area contributed by atoms with Gasteiger partial charge in [0.25, 0.3) is 0 Å². The predicted octanol–water partition coefficient (Wildman–Crippen LogP) is 1.74. The van der Waals surface area contributed by atoms with Crippen LogP contribution in [0.15, 0.2) is 24.3 Å². The Balaban J connectivity index is 1.91. The van der Waals surface area contributed by atoms with E-state index in [1.165, 1.54) is 0 Å². The second-order valence-electron chi connectivity index (χ2n) is 5.50. The first-order valence-electron chi connectivity index (χ1n) is 6.82. The summed E-state index contributed by atoms with van der Waals surface area (Å²) in [5.41, 5.74) is 6.72. The third-order valence-corrected chi connectivity index (χ3v) is 4.32. The molecule has 0 spiro atoms. The smallest absolute Gasteiger partial charge is 0.291 e. The molecule has 114 valence electrons. The maximum absolute atomic E-state index is 13.2. The van der Waals surface area contributed by atoms with Crippen LogP contribution in [0.3, 0.4) is 0 Å². The minimum atomic E-state index is -4.55. The van der Waals surface area contributed by atoms with Crippen LogP contribution < -0.4 is 10.9 Å². The number of alkyl halides is 3. The zero-order valence-electron chi connectivity index (χ0n) is 11.4. The van der Waals surface area contributed by atoms with Crippen LogP contribution in [0.25, 0.3) is 0 Å². The van der Waals surface area contributed by atoms with Crippen molar-refractivity contribution in [1.82, 2.24) is 15.8 Å². The highest BCUT2D eigenvalue weighted by Crippen LogP contribution is 2.40. The lowest BCUT2D eigenvalue weighted by Gasteiger charge is -2.40. The van der Waals surface area contributed by atoms with Crippen molar-refractivity contribution in [3.05, 3.63) is 35.4 Å². The van der Waals surface area contributed by atoms with Gasteiger partial charge < -0.3 is 0 Å². The Morgan fingerprint density at radius 2 is 2.00 bits per heavy atom. The van der Waals surface area contributed by atoms with Gasteiger partial charge in [0.15, 0.2) is 5.92 Å². The third kappa shape index (κ3) is 2.40. The lowest BCUT2D eigenvalue weighted by Crippen LogP contribution is -2.63. The molecule has 1 aromatic rings. The fraction of sp³-hybridized carbons (Fsp3) is 0.500. The first kappa shape index (κ1) is 14.3. The van der Waals surface area contributed by atoms with Crippen molar-refractivity contribution in [2.75, 3.05) is 6.54 Å². The molecule has 2 aliphatic rings. The Kier molecular flexibility index (Phi) is 3.41. The number of benzene rings is 1. The number of rotatable bonds is 1. The van der Waals surface area contributed by atoms with E-state index in [0.717, 1.165) is 11.1 Å². The predicted molar refractivity (Wildman–Crippen MR) is 69.9 cm³/mol. The highest BCUT2D eigenvalue weighted by atomic mass is 19.4. The van der Waals surface area contributed by atoms with Crippen LogP contribution in [-0.2, 0) is 11.3 Å². The first-order valence-corrected chi connectivity index (χ1v) is 6.82. The second-order valence-corrected chi connectivity index (χ2v) is 5.50. The van der Waals surface area contributed by atoms with Gasteiger partial charge in [0.1, 0.15) is 0 Å². The highest BCUT2D eigenvalue weighted by molar-refractivity contribution is 5.80. The number of hydrazine groups is 1. The Labute approximate surface area is 120 Å². The van der Waals surface area contributed by atoms with Crippen molar-refractivity contribution in [3.8, 4) is 0 Å². The van der Waals surface area contributed by atoms with Gasteiger partial charge in [-0.15, -0.1) is 0 Å². The summed E-state index contributed by atoms with van der Waals surface area (Å²) < 4.78 is 39.7. The molecule has 1 amide bonds. The SMILES string of the molecule is C[C@@H]1c2ccccc2CN1C1CNNC(=O)C1C(F)(F)F. The Morgan fingerprint density at radius 1 is 1.29 bits per heavy atom. The molecule has 3 atom stereocenters. The molecule has 7 heteroatoms. The zero-order valence-corrected chi connectivity index (χ0v) is 11.4. The van der Waals surface area contributed by atoms with Crippen LogP contribution in [0, 0.1) is 5.92 Å². The Bertz CT molecular complexity index is 561. The summed E-state index contributed by atoms with van der Waals surface area (Å²) in [4.78, 5) is 13.4. The zero-order chi connectivity index (χ0) is 15.2. The summed E-state index contributed by atoms with van der Waals surface area (Å²) in [7, 11) is 0. The quantitative estimate of drug-likeness (QED) is 0.830. The number of carbonyl (C=O) groups is 1. The van der Waals surface area contributed by atoms with Crippen LogP contribution in [0.2, 0.25) is 0 Å². The summed E-state index contributed by atoms with van der Waals surface area (Å²) in [6, 6.07) is 6.57. The molecule has 0 aromatic heterocycles. The van der Waals surface area contributed by atoms with Gasteiger partial charge in [-0.25, -0.2) is 5.43 Å². The first-order chi connectivity index (χ1) is 9.89. The van der Waals surface area contributed by atoms with Crippen molar-refractivity contribution in [2.45, 2.75) is 31.7 Å². The summed E-state index contributed by atoms with van der Waals surface area (Å²) in [5.74, 6) is -3.02. The molecule has 4 nitrogen and oxygen atoms in total. The average molecular weight is 299 g/mol. The van der Waals surface area contributed by atoms with E-state index >= 15 is 0 Å². The highest BCUT2D eigenvalue weighted by Gasteiger charge is 2.54. The standard InChI is InChI=1S/C14H16F3N3O/c1-8-10-5-3-2-4-9(10)7-20(8)11-6-18-19-13(21)12(11)14(15,16)17/h2-5,8,11-12,18H,6-7H2,1H3,(H,19,21)/t8-,11?,12?/m1/s1. The molecule has 2 heterocycles. The number of hydrogen-bond acceptors (Lipinski definition) is 3. The van der Waals surface area contributed by atoms with Gasteiger partial charge in [-0.1, -0.05) is 24.3 Å². The third-order valence-electron chi connectivity index (χ3n) is 4.32. The number of amides is 1. The molecule has 21 heavy (non-hydrogen) atoms. The number of carbonyl (C=O) groups excluding carboxylic acids is 1. The van der Waals surface area contributed by atoms with Crippen molar-refractivity contribution < 1.29 is 18.0 Å². The van der Waals surface area contributed by atoms with Gasteiger partial charge in [-0.05, 0) is 18.1 Å². The molecule has 2 N–H and O–H groups in total. The molecule has 0 saturated carbocycles. The van der Waals surface area contributed by atoms with Gasteiger partial charge in [0, 0.05) is 25.2 Å². The molecule has 0 radical (unpaired) electrons. The largest absolute Gasteiger partial charge is 0.402 e. The number of nitrogens with one attached hydrogen (secondary N) is 2. The fourth-order valence-electron chi connectivity index (χ4n) is 3.29. The van der Waals surface area contributed by atoms with E-state index < -0.39 is 24.0 Å². The van der Waals surface area contributed by atoms with Gasteiger partial charge in [-0.3, -0.25) is 15.1 Å². The van der Waals surface area contributed by atoms with Gasteiger partial charge >= 0.3 is 6.18 Å². The summed E-state index contributed by atoms with van der Waals surface area (Å²) >= 11 is 0. The Morgan fingerprint density at radius 3 is 2.67 bits per heavy atom. The topological polar surface area (TPSA) is 44.4 Å². The van der Waals surface area contributed by atoms with Gasteiger partial charge in [0.05, 0.1) is 0 Å². The monoisotopic (exact) mass is 299 g/mol. The molecule has 2 aliphatic heterocycles. The van der Waals surface area contributed by atoms with E-state index in [9.17, 15) is 18.0 Å². The average Bonchev–Trinajstić information content (AvgIpc) is 2.75. The minimum absolute atomic E-state index is 0.0776. The van der Waals surface area contributed by atoms with E-state index in [1.807, 2.05) is 31.2 Å². The molecule has 1 saturated heterocycles. The number of nitrogens with zero attached hydrogens (tertiary/aromatic N) is 1. The maximum atomic E-state index is 13.2. The van der Waals surface area contributed by atoms with Crippen LogP contribution in [0.1, 0.15) is 24.1 Å². The van der Waals surface area contributed by atoms with Crippen LogP contribution in [-0.4, -0.2) is 29.6 Å². The van der Waals surface area contributed by atoms with Crippen LogP contribution in [0.4, 0.5) is 13.2 Å². The molecular weight excluding hydrogens is 283 g/mol.